The van der Waals surface area contributed by atoms with Crippen LogP contribution in [-0.4, -0.2) is 415 Å². The van der Waals surface area contributed by atoms with Gasteiger partial charge in [-0.3, -0.25) is 14.4 Å². The lowest BCUT2D eigenvalue weighted by molar-refractivity contribution is -0.398. The quantitative estimate of drug-likeness (QED) is 0.0363. The molecule has 0 spiro atoms. The Morgan fingerprint density at radius 1 is 0.354 bits per heavy atom. The molecule has 42 heteroatoms. The SMILES string of the molecule is CC(=O)N[C@H]1[C@H](O[C@H]2[C@@H](O)[C@@H](CO)O[C@@H](O[C@H]3[C@H](O[C@@H]4O[C@@H](C)[C@@H](O)[C@@H](O)[C@@H]4O)[C@@H](NC(C)=O)[C@H](O[C@H]4[C@@H](O)[C@@H](CO)O[C@@H](O[C@@H]([C@@H](O)[C@H](O)CO)[C@H](CO)NC(C)=O)[C@@H]4O)O[C@@H]3CO)[C@@H]2O)O[C@H](CO)[C@@H](O[C@@H]2O[C@@H](C)[C@@H](O)[C@@H](O)[C@@H]2O)[C@@H]1O[C@@H]1O[C@H](CO)[C@H](O)[C@H](O)[C@H]1O. The van der Waals surface area contributed by atoms with Gasteiger partial charge in [0.2, 0.25) is 17.7 Å². The van der Waals surface area contributed by atoms with Gasteiger partial charge in [-0.1, -0.05) is 0 Å². The number of rotatable bonds is 27. The molecule has 7 aliphatic heterocycles. The molecule has 7 rings (SSSR count). The van der Waals surface area contributed by atoms with E-state index < -0.39 is 303 Å². The van der Waals surface area contributed by atoms with Crippen molar-refractivity contribution >= 4 is 17.7 Å². The lowest BCUT2D eigenvalue weighted by Crippen LogP contribution is -2.72. The number of ether oxygens (including phenoxy) is 14. The van der Waals surface area contributed by atoms with E-state index in [1.54, 1.807) is 0 Å². The molecule has 7 heterocycles. The van der Waals surface area contributed by atoms with Gasteiger partial charge in [-0.15, -0.1) is 0 Å². The number of aliphatic hydroxyl groups is 22. The number of hydrogen-bond acceptors (Lipinski definition) is 39. The van der Waals surface area contributed by atoms with Gasteiger partial charge in [-0.05, 0) is 13.8 Å². The molecule has 558 valence electrons. The lowest BCUT2D eigenvalue weighted by Gasteiger charge is -2.52. The minimum Gasteiger partial charge on any atom is -0.394 e. The van der Waals surface area contributed by atoms with Crippen LogP contribution in [0.15, 0.2) is 0 Å². The molecule has 0 aromatic carbocycles. The van der Waals surface area contributed by atoms with E-state index in [9.17, 15) is 127 Å². The van der Waals surface area contributed by atoms with E-state index in [1.165, 1.54) is 13.8 Å². The Balaban J connectivity index is 1.26. The van der Waals surface area contributed by atoms with Gasteiger partial charge in [0.25, 0.3) is 0 Å². The predicted octanol–water partition coefficient (Wildman–Crippen LogP) is -16.3. The summed E-state index contributed by atoms with van der Waals surface area (Å²) in [6, 6.07) is -5.58. The first-order valence-corrected chi connectivity index (χ1v) is 30.8. The Morgan fingerprint density at radius 2 is 0.677 bits per heavy atom. The first kappa shape index (κ1) is 80.3. The van der Waals surface area contributed by atoms with E-state index in [2.05, 4.69) is 16.0 Å². The van der Waals surface area contributed by atoms with Gasteiger partial charge in [0, 0.05) is 20.8 Å². The van der Waals surface area contributed by atoms with Crippen LogP contribution in [0, 0.1) is 0 Å². The van der Waals surface area contributed by atoms with Crippen molar-refractivity contribution in [3.05, 3.63) is 0 Å². The second-order valence-electron chi connectivity index (χ2n) is 24.3. The molecule has 0 radical (unpaired) electrons. The third-order valence-corrected chi connectivity index (χ3v) is 17.4. The van der Waals surface area contributed by atoms with Crippen molar-refractivity contribution in [1.29, 1.82) is 0 Å². The standard InChI is InChI=1S/C54H93N3O39/c1-13-27(69)33(75)36(78)50(83-13)91-42-23(11-63)88-49(26(57-17(5)67)45(42)94-52-38(80)35(77)30(72)20(8-60)85-52)96-47-32(74)22(10-62)87-54(40(47)82)92-43-24(12-64)89-48(25(56-16(4)66)44(43)93-51-37(79)34(76)28(70)14(2)84-51)95-46-31(73)21(9-61)86-53(39(46)81)90-41(29(71)19(68)7-59)18(6-58)55-15(3)65/h13-14,18-54,58-64,68-82H,6-12H2,1-5H3,(H,55,65)(H,56,66)(H,57,67)/t13-,14-,18-,19+,20+,21+,22+,23+,24+,25+,26+,27+,28+,29-,30-,31-,32-,33+,34+,35-,36-,37-,38+,39+,40+,41+,42+,43+,44+,45+,46-,47-,48-,49-,50-,51-,52-,53-,54-/m0/s1. The molecule has 39 atom stereocenters. The van der Waals surface area contributed by atoms with Crippen LogP contribution in [0.4, 0.5) is 0 Å². The topological polar surface area (TPSA) is 662 Å². The van der Waals surface area contributed by atoms with Gasteiger partial charge in [0.1, 0.15) is 177 Å². The summed E-state index contributed by atoms with van der Waals surface area (Å²) < 4.78 is 83.9. The molecule has 0 aromatic heterocycles. The Hall–Kier alpha value is -3.03. The fourth-order valence-electron chi connectivity index (χ4n) is 12.2. The minimum atomic E-state index is -2.45. The molecule has 0 unspecified atom stereocenters. The van der Waals surface area contributed by atoms with Gasteiger partial charge in [0.15, 0.2) is 44.0 Å². The summed E-state index contributed by atoms with van der Waals surface area (Å²) in [4.78, 5) is 38.8. The smallest absolute Gasteiger partial charge is 0.217 e. The van der Waals surface area contributed by atoms with Crippen LogP contribution in [0.25, 0.3) is 0 Å². The molecule has 0 aromatic rings. The van der Waals surface area contributed by atoms with E-state index in [4.69, 9.17) is 66.3 Å². The summed E-state index contributed by atoms with van der Waals surface area (Å²) >= 11 is 0. The molecule has 96 heavy (non-hydrogen) atoms. The fourth-order valence-corrected chi connectivity index (χ4v) is 12.2. The summed E-state index contributed by atoms with van der Waals surface area (Å²) in [7, 11) is 0. The van der Waals surface area contributed by atoms with Gasteiger partial charge < -0.3 is 195 Å². The highest BCUT2D eigenvalue weighted by atomic mass is 16.8. The Kier molecular flexibility index (Phi) is 29.5. The maximum absolute atomic E-state index is 13.4. The zero-order chi connectivity index (χ0) is 71.2. The average molecular weight is 1410 g/mol. The van der Waals surface area contributed by atoms with Crippen LogP contribution < -0.4 is 16.0 Å². The Bertz CT molecular complexity index is 2420. The van der Waals surface area contributed by atoms with Crippen LogP contribution in [0.5, 0.6) is 0 Å². The molecule has 0 bridgehead atoms. The maximum atomic E-state index is 13.4. The van der Waals surface area contributed by atoms with Gasteiger partial charge in [-0.25, -0.2) is 0 Å². The van der Waals surface area contributed by atoms with E-state index in [-0.39, 0.29) is 0 Å². The molecule has 3 amide bonds. The first-order valence-electron chi connectivity index (χ1n) is 30.8. The van der Waals surface area contributed by atoms with Gasteiger partial charge in [0.05, 0.1) is 64.5 Å². The van der Waals surface area contributed by atoms with Crippen LogP contribution >= 0.6 is 0 Å². The van der Waals surface area contributed by atoms with Crippen LogP contribution in [0.2, 0.25) is 0 Å². The van der Waals surface area contributed by atoms with Crippen molar-refractivity contribution in [2.75, 3.05) is 46.2 Å². The highest BCUT2D eigenvalue weighted by Crippen LogP contribution is 2.40. The van der Waals surface area contributed by atoms with Crippen molar-refractivity contribution < 1.29 is 193 Å². The summed E-state index contributed by atoms with van der Waals surface area (Å²) in [5.74, 6) is -2.76. The second kappa shape index (κ2) is 35.2. The van der Waals surface area contributed by atoms with E-state index in [1.807, 2.05) is 0 Å². The highest BCUT2D eigenvalue weighted by molar-refractivity contribution is 5.74. The Morgan fingerprint density at radius 3 is 1.04 bits per heavy atom. The molecule has 25 N–H and O–H groups in total. The first-order chi connectivity index (χ1) is 45.3. The Labute approximate surface area is 545 Å². The zero-order valence-corrected chi connectivity index (χ0v) is 52.2. The number of carbonyl (C=O) groups is 3. The largest absolute Gasteiger partial charge is 0.394 e. The molecule has 0 aliphatic carbocycles. The normalized spacial score (nSPS) is 46.8. The van der Waals surface area contributed by atoms with E-state index in [0.717, 1.165) is 20.8 Å². The maximum Gasteiger partial charge on any atom is 0.217 e. The predicted molar refractivity (Wildman–Crippen MR) is 299 cm³/mol. The lowest BCUT2D eigenvalue weighted by atomic mass is 9.93. The summed E-state index contributed by atoms with van der Waals surface area (Å²) in [5, 5.41) is 248. The van der Waals surface area contributed by atoms with Crippen LogP contribution in [-0.2, 0) is 80.7 Å². The van der Waals surface area contributed by atoms with Crippen molar-refractivity contribution in [2.45, 2.75) is 274 Å². The molecular weight excluding hydrogens is 1310 g/mol. The van der Waals surface area contributed by atoms with Gasteiger partial charge in [-0.2, -0.15) is 0 Å². The van der Waals surface area contributed by atoms with E-state index in [0.29, 0.717) is 0 Å². The number of hydrogen-bond donors (Lipinski definition) is 25. The van der Waals surface area contributed by atoms with Crippen molar-refractivity contribution in [3.63, 3.8) is 0 Å². The summed E-state index contributed by atoms with van der Waals surface area (Å²) in [6.45, 7) is -2.38. The monoisotopic (exact) mass is 1410 g/mol. The number of aliphatic hydroxyl groups excluding tert-OH is 22. The van der Waals surface area contributed by atoms with Crippen molar-refractivity contribution in [2.24, 2.45) is 0 Å². The summed E-state index contributed by atoms with van der Waals surface area (Å²) in [5.41, 5.74) is 0. The van der Waals surface area contributed by atoms with Crippen LogP contribution in [0.1, 0.15) is 34.6 Å². The number of amides is 3. The number of carbonyl (C=O) groups excluding carboxylic acids is 3. The molecule has 7 saturated heterocycles. The third-order valence-electron chi connectivity index (χ3n) is 17.4. The van der Waals surface area contributed by atoms with Crippen LogP contribution in [0.3, 0.4) is 0 Å². The minimum absolute atomic E-state index is 0.813. The number of nitrogens with one attached hydrogen (secondary N) is 3. The average Bonchev–Trinajstić information content (AvgIpc) is 0.768. The molecule has 42 nitrogen and oxygen atoms in total. The van der Waals surface area contributed by atoms with Gasteiger partial charge >= 0.3 is 0 Å². The van der Waals surface area contributed by atoms with Crippen molar-refractivity contribution in [1.82, 2.24) is 16.0 Å². The van der Waals surface area contributed by atoms with Crippen molar-refractivity contribution in [3.8, 4) is 0 Å². The zero-order valence-electron chi connectivity index (χ0n) is 52.2. The third kappa shape index (κ3) is 17.9. The molecule has 7 fully saturated rings. The summed E-state index contributed by atoms with van der Waals surface area (Å²) in [6.07, 6.45) is -72.8. The highest BCUT2D eigenvalue weighted by Gasteiger charge is 2.61. The fraction of sp³-hybridized carbons (Fsp3) is 0.944. The second-order valence-corrected chi connectivity index (χ2v) is 24.3. The molecule has 0 saturated carbocycles. The molecular formula is C54H93N3O39. The molecule has 7 aliphatic rings. The van der Waals surface area contributed by atoms with E-state index >= 15 is 0 Å².